The van der Waals surface area contributed by atoms with Crippen molar-refractivity contribution in [3.05, 3.63) is 35.6 Å². The van der Waals surface area contributed by atoms with Gasteiger partial charge >= 0.3 is 0 Å². The number of unbranched alkanes of at least 4 members (excludes halogenated alkanes) is 1. The molecule has 66 valence electrons. The maximum absolute atomic E-state index is 13.0. The van der Waals surface area contributed by atoms with Gasteiger partial charge in [-0.1, -0.05) is 18.2 Å². The van der Waals surface area contributed by atoms with Crippen molar-refractivity contribution in [1.82, 2.24) is 0 Å². The van der Waals surface area contributed by atoms with Crippen LogP contribution in [-0.4, -0.2) is 11.7 Å². The Kier molecular flexibility index (Phi) is 3.74. The molecule has 0 spiro atoms. The predicted molar refractivity (Wildman–Crippen MR) is 46.4 cm³/mol. The number of hydrogen-bond donors (Lipinski definition) is 1. The summed E-state index contributed by atoms with van der Waals surface area (Å²) in [5.74, 6) is -0.143. The molecule has 0 aliphatic rings. The molecule has 0 fully saturated rings. The molecule has 0 unspecified atom stereocenters. The molecule has 0 heterocycles. The molecule has 0 aliphatic heterocycles. The standard InChI is InChI=1S/C10H13FO/c11-10-7-2-1-5-9(10)6-3-4-8-12/h1-2,5,7,12H,3-4,6,8H2. The van der Waals surface area contributed by atoms with E-state index in [0.717, 1.165) is 18.4 Å². The van der Waals surface area contributed by atoms with Crippen LogP contribution >= 0.6 is 0 Å². The van der Waals surface area contributed by atoms with Crippen molar-refractivity contribution in [3.8, 4) is 0 Å². The van der Waals surface area contributed by atoms with Crippen LogP contribution in [0.4, 0.5) is 4.39 Å². The average molecular weight is 168 g/mol. The van der Waals surface area contributed by atoms with Crippen LogP contribution in [0, 0.1) is 5.82 Å². The number of rotatable bonds is 4. The second-order valence-corrected chi connectivity index (χ2v) is 2.77. The molecule has 0 amide bonds. The first-order valence-corrected chi connectivity index (χ1v) is 4.19. The Bertz CT molecular complexity index is 235. The first-order chi connectivity index (χ1) is 5.84. The van der Waals surface area contributed by atoms with Gasteiger partial charge in [-0.15, -0.1) is 0 Å². The zero-order chi connectivity index (χ0) is 8.81. The summed E-state index contributed by atoms with van der Waals surface area (Å²) < 4.78 is 13.0. The highest BCUT2D eigenvalue weighted by atomic mass is 19.1. The van der Waals surface area contributed by atoms with Crippen molar-refractivity contribution in [1.29, 1.82) is 0 Å². The molecule has 0 saturated heterocycles. The number of halogens is 1. The average Bonchev–Trinajstić information content (AvgIpc) is 2.09. The van der Waals surface area contributed by atoms with Gasteiger partial charge in [0.1, 0.15) is 5.82 Å². The van der Waals surface area contributed by atoms with Crippen LogP contribution in [-0.2, 0) is 6.42 Å². The Morgan fingerprint density at radius 3 is 2.58 bits per heavy atom. The van der Waals surface area contributed by atoms with Gasteiger partial charge in [-0.25, -0.2) is 4.39 Å². The monoisotopic (exact) mass is 168 g/mol. The van der Waals surface area contributed by atoms with E-state index in [-0.39, 0.29) is 12.4 Å². The van der Waals surface area contributed by atoms with Crippen molar-refractivity contribution in [2.45, 2.75) is 19.3 Å². The van der Waals surface area contributed by atoms with Crippen LogP contribution in [0.25, 0.3) is 0 Å². The Balaban J connectivity index is 2.46. The predicted octanol–water partition coefficient (Wildman–Crippen LogP) is 2.14. The summed E-state index contributed by atoms with van der Waals surface area (Å²) in [5, 5.41) is 8.52. The van der Waals surface area contributed by atoms with E-state index >= 15 is 0 Å². The Hall–Kier alpha value is -0.890. The van der Waals surface area contributed by atoms with Gasteiger partial charge in [0.2, 0.25) is 0 Å². The molecule has 1 N–H and O–H groups in total. The summed E-state index contributed by atoms with van der Waals surface area (Å²) in [6.07, 6.45) is 2.30. The molecule has 0 atom stereocenters. The third-order valence-electron chi connectivity index (χ3n) is 1.81. The largest absolute Gasteiger partial charge is 0.396 e. The molecule has 0 bridgehead atoms. The van der Waals surface area contributed by atoms with Crippen LogP contribution < -0.4 is 0 Å². The molecule has 12 heavy (non-hydrogen) atoms. The second-order valence-electron chi connectivity index (χ2n) is 2.77. The molecule has 1 nitrogen and oxygen atoms in total. The molecule has 0 radical (unpaired) electrons. The molecular weight excluding hydrogens is 155 g/mol. The Labute approximate surface area is 71.9 Å². The van der Waals surface area contributed by atoms with E-state index in [1.54, 1.807) is 12.1 Å². The third-order valence-corrected chi connectivity index (χ3v) is 1.81. The summed E-state index contributed by atoms with van der Waals surface area (Å²) in [6.45, 7) is 0.189. The van der Waals surface area contributed by atoms with Crippen molar-refractivity contribution < 1.29 is 9.50 Å². The van der Waals surface area contributed by atoms with Crippen LogP contribution in [0.1, 0.15) is 18.4 Å². The van der Waals surface area contributed by atoms with Gasteiger partial charge in [0.05, 0.1) is 0 Å². The molecule has 0 saturated carbocycles. The molecular formula is C10H13FO. The summed E-state index contributed by atoms with van der Waals surface area (Å²) in [7, 11) is 0. The summed E-state index contributed by atoms with van der Waals surface area (Å²) in [5.41, 5.74) is 0.742. The molecule has 0 aliphatic carbocycles. The lowest BCUT2D eigenvalue weighted by atomic mass is 10.1. The normalized spacial score (nSPS) is 10.2. The molecule has 1 aromatic carbocycles. The van der Waals surface area contributed by atoms with Gasteiger partial charge in [-0.3, -0.25) is 0 Å². The number of hydrogen-bond acceptors (Lipinski definition) is 1. The van der Waals surface area contributed by atoms with E-state index in [0.29, 0.717) is 6.42 Å². The van der Waals surface area contributed by atoms with Crippen molar-refractivity contribution in [3.63, 3.8) is 0 Å². The minimum absolute atomic E-state index is 0.143. The third kappa shape index (κ3) is 2.62. The molecule has 1 rings (SSSR count). The lowest BCUT2D eigenvalue weighted by molar-refractivity contribution is 0.284. The maximum atomic E-state index is 13.0. The highest BCUT2D eigenvalue weighted by Gasteiger charge is 1.98. The fourth-order valence-corrected chi connectivity index (χ4v) is 1.13. The van der Waals surface area contributed by atoms with Gasteiger partial charge in [-0.05, 0) is 30.9 Å². The number of aliphatic hydroxyl groups is 1. The fraction of sp³-hybridized carbons (Fsp3) is 0.400. The lowest BCUT2D eigenvalue weighted by Crippen LogP contribution is -1.91. The lowest BCUT2D eigenvalue weighted by Gasteiger charge is -2.00. The zero-order valence-electron chi connectivity index (χ0n) is 6.96. The van der Waals surface area contributed by atoms with E-state index in [4.69, 9.17) is 5.11 Å². The summed E-state index contributed by atoms with van der Waals surface area (Å²) in [4.78, 5) is 0. The van der Waals surface area contributed by atoms with Gasteiger partial charge in [0, 0.05) is 6.61 Å². The molecule has 2 heteroatoms. The quantitative estimate of drug-likeness (QED) is 0.683. The van der Waals surface area contributed by atoms with Crippen molar-refractivity contribution in [2.75, 3.05) is 6.61 Å². The number of aryl methyl sites for hydroxylation is 1. The van der Waals surface area contributed by atoms with Crippen LogP contribution in [0.3, 0.4) is 0 Å². The van der Waals surface area contributed by atoms with Crippen molar-refractivity contribution in [2.24, 2.45) is 0 Å². The highest BCUT2D eigenvalue weighted by Crippen LogP contribution is 2.09. The van der Waals surface area contributed by atoms with Gasteiger partial charge in [0.15, 0.2) is 0 Å². The highest BCUT2D eigenvalue weighted by molar-refractivity contribution is 5.17. The minimum atomic E-state index is -0.143. The maximum Gasteiger partial charge on any atom is 0.126 e. The first kappa shape index (κ1) is 9.20. The summed E-state index contributed by atoms with van der Waals surface area (Å²) in [6, 6.07) is 6.77. The topological polar surface area (TPSA) is 20.2 Å². The second kappa shape index (κ2) is 4.88. The Morgan fingerprint density at radius 1 is 1.17 bits per heavy atom. The minimum Gasteiger partial charge on any atom is -0.396 e. The van der Waals surface area contributed by atoms with E-state index in [1.165, 1.54) is 6.07 Å². The fourth-order valence-electron chi connectivity index (χ4n) is 1.13. The van der Waals surface area contributed by atoms with Crippen LogP contribution in [0.2, 0.25) is 0 Å². The van der Waals surface area contributed by atoms with Crippen molar-refractivity contribution >= 4 is 0 Å². The van der Waals surface area contributed by atoms with E-state index in [9.17, 15) is 4.39 Å². The van der Waals surface area contributed by atoms with Gasteiger partial charge in [0.25, 0.3) is 0 Å². The number of aliphatic hydroxyl groups excluding tert-OH is 1. The molecule has 1 aromatic rings. The van der Waals surface area contributed by atoms with Crippen LogP contribution in [0.5, 0.6) is 0 Å². The SMILES string of the molecule is OCCCCc1ccccc1F. The zero-order valence-corrected chi connectivity index (χ0v) is 6.96. The first-order valence-electron chi connectivity index (χ1n) is 4.19. The van der Waals surface area contributed by atoms with E-state index in [1.807, 2.05) is 6.07 Å². The number of benzene rings is 1. The van der Waals surface area contributed by atoms with E-state index < -0.39 is 0 Å². The Morgan fingerprint density at radius 2 is 1.92 bits per heavy atom. The van der Waals surface area contributed by atoms with Crippen LogP contribution in [0.15, 0.2) is 24.3 Å². The summed E-state index contributed by atoms with van der Waals surface area (Å²) >= 11 is 0. The van der Waals surface area contributed by atoms with E-state index in [2.05, 4.69) is 0 Å². The van der Waals surface area contributed by atoms with Gasteiger partial charge < -0.3 is 5.11 Å². The molecule has 0 aromatic heterocycles. The van der Waals surface area contributed by atoms with Gasteiger partial charge in [-0.2, -0.15) is 0 Å². The smallest absolute Gasteiger partial charge is 0.126 e.